The number of benzene rings is 2. The molecular weight excluding hydrogens is 521 g/mol. The van der Waals surface area contributed by atoms with E-state index in [0.717, 1.165) is 25.9 Å². The first-order valence-corrected chi connectivity index (χ1v) is 12.7. The van der Waals surface area contributed by atoms with Gasteiger partial charge in [-0.25, -0.2) is 14.4 Å². The molecule has 4 aromatic rings. The molecule has 5 rings (SSSR count). The second-order valence-electron chi connectivity index (χ2n) is 9.01. The molecule has 2 aromatic carbocycles. The highest BCUT2D eigenvalue weighted by Gasteiger charge is 2.27. The number of nitrogen functional groups attached to an aromatic ring is 1. The number of hydrogen-bond acceptors (Lipinski definition) is 11. The fraction of sp³-hybridized carbons (Fsp3) is 0.308. The van der Waals surface area contributed by atoms with Crippen LogP contribution in [-0.2, 0) is 13.2 Å². The molecule has 13 nitrogen and oxygen atoms in total. The van der Waals surface area contributed by atoms with Crippen LogP contribution in [0.1, 0.15) is 47.1 Å². The van der Waals surface area contributed by atoms with Crippen molar-refractivity contribution in [2.75, 3.05) is 25.4 Å². The second-order valence-corrected chi connectivity index (χ2v) is 9.01. The van der Waals surface area contributed by atoms with Crippen molar-refractivity contribution in [3.63, 3.8) is 0 Å². The van der Waals surface area contributed by atoms with Crippen molar-refractivity contribution in [3.8, 4) is 17.3 Å². The summed E-state index contributed by atoms with van der Waals surface area (Å²) in [7, 11) is 0. The van der Waals surface area contributed by atoms with E-state index in [1.165, 1.54) is 23.0 Å². The first-order chi connectivity index (χ1) is 19.5. The van der Waals surface area contributed by atoms with Crippen molar-refractivity contribution in [1.82, 2.24) is 35.6 Å². The van der Waals surface area contributed by atoms with Crippen molar-refractivity contribution in [2.45, 2.75) is 32.9 Å². The Morgan fingerprint density at radius 2 is 2.02 bits per heavy atom. The van der Waals surface area contributed by atoms with Crippen LogP contribution < -0.4 is 20.6 Å². The molecule has 1 aliphatic heterocycles. The first kappa shape index (κ1) is 26.7. The summed E-state index contributed by atoms with van der Waals surface area (Å²) in [6, 6.07) is 11.4. The van der Waals surface area contributed by atoms with Crippen molar-refractivity contribution in [1.29, 1.82) is 0 Å². The number of nitrogens with two attached hydrogens (primary N) is 1. The molecule has 208 valence electrons. The summed E-state index contributed by atoms with van der Waals surface area (Å²) < 4.78 is 30.9. The lowest BCUT2D eigenvalue weighted by molar-refractivity contribution is 0.0945. The van der Waals surface area contributed by atoms with Gasteiger partial charge >= 0.3 is 0 Å². The number of rotatable bonds is 11. The number of ether oxygens (including phenoxy) is 2. The molecule has 0 aliphatic carbocycles. The molecule has 3 N–H and O–H groups in total. The van der Waals surface area contributed by atoms with Crippen LogP contribution in [0, 0.1) is 5.82 Å². The summed E-state index contributed by atoms with van der Waals surface area (Å²) in [6.07, 6.45) is 3.63. The Hall–Kier alpha value is -4.85. The number of hydrazone groups is 1. The number of carbonyl (C=O) groups is 1. The summed E-state index contributed by atoms with van der Waals surface area (Å²) in [5.41, 5.74) is 10.3. The summed E-state index contributed by atoms with van der Waals surface area (Å²) in [5.74, 6) is 0.120. The quantitative estimate of drug-likeness (QED) is 0.210. The minimum atomic E-state index is -0.557. The standard InChI is InChI=1S/C26H28FN9O4/c1-2-38-22-13-17(8-9-21(22)39-16-18-6-5-7-19(27)12-18)14-29-31-26(37)23-20(15-35-10-3-4-11-35)30-34-36(23)25-24(28)32-40-33-25/h5-9,12-14H,2-4,10-11,15-16H2,1H3,(H2,28,32)(H,31,37). The highest BCUT2D eigenvalue weighted by atomic mass is 19.1. The number of halogens is 1. The predicted octanol–water partition coefficient (Wildman–Crippen LogP) is 2.71. The van der Waals surface area contributed by atoms with Gasteiger partial charge < -0.3 is 15.2 Å². The van der Waals surface area contributed by atoms with Gasteiger partial charge in [0, 0.05) is 6.54 Å². The normalized spacial score (nSPS) is 13.7. The number of nitrogens with one attached hydrogen (secondary N) is 1. The van der Waals surface area contributed by atoms with E-state index in [0.29, 0.717) is 41.5 Å². The van der Waals surface area contributed by atoms with E-state index in [9.17, 15) is 9.18 Å². The van der Waals surface area contributed by atoms with E-state index in [-0.39, 0.29) is 29.8 Å². The molecule has 1 aliphatic rings. The lowest BCUT2D eigenvalue weighted by Gasteiger charge is -2.13. The fourth-order valence-corrected chi connectivity index (χ4v) is 4.28. The van der Waals surface area contributed by atoms with Crippen molar-refractivity contribution >= 4 is 17.9 Å². The van der Waals surface area contributed by atoms with Crippen LogP contribution in [0.4, 0.5) is 10.2 Å². The van der Waals surface area contributed by atoms with E-state index in [4.69, 9.17) is 15.2 Å². The Kier molecular flexibility index (Phi) is 8.25. The first-order valence-electron chi connectivity index (χ1n) is 12.7. The third-order valence-corrected chi connectivity index (χ3v) is 6.15. The molecule has 0 bridgehead atoms. The Morgan fingerprint density at radius 3 is 2.77 bits per heavy atom. The maximum Gasteiger partial charge on any atom is 0.292 e. The third kappa shape index (κ3) is 6.23. The Balaban J connectivity index is 1.31. The van der Waals surface area contributed by atoms with Crippen LogP contribution in [0.25, 0.3) is 5.82 Å². The molecular formula is C26H28FN9O4. The summed E-state index contributed by atoms with van der Waals surface area (Å²) in [5, 5.41) is 19.7. The van der Waals surface area contributed by atoms with E-state index >= 15 is 0 Å². The van der Waals surface area contributed by atoms with Gasteiger partial charge in [0.2, 0.25) is 11.6 Å². The van der Waals surface area contributed by atoms with Gasteiger partial charge in [-0.1, -0.05) is 17.3 Å². The van der Waals surface area contributed by atoms with Crippen LogP contribution in [0.2, 0.25) is 0 Å². The zero-order valence-corrected chi connectivity index (χ0v) is 21.8. The van der Waals surface area contributed by atoms with E-state index in [1.807, 2.05) is 6.92 Å². The number of aromatic nitrogens is 5. The molecule has 1 saturated heterocycles. The SMILES string of the molecule is CCOc1cc(C=NNC(=O)c2c(CN3CCCC3)nnn2-c2nonc2N)ccc1OCc1cccc(F)c1. The smallest absolute Gasteiger partial charge is 0.292 e. The van der Waals surface area contributed by atoms with Crippen LogP contribution in [-0.4, -0.2) is 62.0 Å². The van der Waals surface area contributed by atoms with Gasteiger partial charge in [-0.15, -0.1) is 5.10 Å². The number of nitrogens with zero attached hydrogens (tertiary/aromatic N) is 7. The zero-order chi connectivity index (χ0) is 27.9. The monoisotopic (exact) mass is 549 g/mol. The minimum Gasteiger partial charge on any atom is -0.490 e. The average molecular weight is 550 g/mol. The van der Waals surface area contributed by atoms with E-state index in [1.54, 1.807) is 30.3 Å². The van der Waals surface area contributed by atoms with Gasteiger partial charge in [0.15, 0.2) is 17.2 Å². The van der Waals surface area contributed by atoms with Crippen LogP contribution in [0.5, 0.6) is 11.5 Å². The third-order valence-electron chi connectivity index (χ3n) is 6.15. The molecule has 1 amide bonds. The number of anilines is 1. The van der Waals surface area contributed by atoms with E-state index < -0.39 is 5.91 Å². The number of likely N-dealkylation sites (tertiary alicyclic amines) is 1. The number of amides is 1. The lowest BCUT2D eigenvalue weighted by Crippen LogP contribution is -2.26. The largest absolute Gasteiger partial charge is 0.490 e. The Morgan fingerprint density at radius 1 is 1.18 bits per heavy atom. The van der Waals surface area contributed by atoms with Gasteiger partial charge in [-0.3, -0.25) is 9.69 Å². The summed E-state index contributed by atoms with van der Waals surface area (Å²) in [4.78, 5) is 15.4. The van der Waals surface area contributed by atoms with Gasteiger partial charge in [-0.2, -0.15) is 9.78 Å². The molecule has 14 heteroatoms. The average Bonchev–Trinajstić information content (AvgIpc) is 3.70. The Labute approximate surface area is 228 Å². The van der Waals surface area contributed by atoms with Crippen LogP contribution in [0.3, 0.4) is 0 Å². The predicted molar refractivity (Wildman–Crippen MR) is 142 cm³/mol. The second kappa shape index (κ2) is 12.3. The maximum atomic E-state index is 13.5. The van der Waals surface area contributed by atoms with Gasteiger partial charge in [0.25, 0.3) is 5.91 Å². The molecule has 2 aromatic heterocycles. The topological polar surface area (TPSA) is 159 Å². The molecule has 0 spiro atoms. The molecule has 1 fully saturated rings. The highest BCUT2D eigenvalue weighted by molar-refractivity contribution is 5.95. The lowest BCUT2D eigenvalue weighted by atomic mass is 10.2. The summed E-state index contributed by atoms with van der Waals surface area (Å²) in [6.45, 7) is 4.68. The Bertz CT molecular complexity index is 1500. The van der Waals surface area contributed by atoms with Gasteiger partial charge in [-0.05, 0) is 84.6 Å². The molecule has 0 atom stereocenters. The highest BCUT2D eigenvalue weighted by Crippen LogP contribution is 2.29. The van der Waals surface area contributed by atoms with Gasteiger partial charge in [0.05, 0.1) is 12.8 Å². The fourth-order valence-electron chi connectivity index (χ4n) is 4.28. The molecule has 0 unspecified atom stereocenters. The maximum absolute atomic E-state index is 13.5. The summed E-state index contributed by atoms with van der Waals surface area (Å²) >= 11 is 0. The molecule has 40 heavy (non-hydrogen) atoms. The number of carbonyl (C=O) groups excluding carboxylic acids is 1. The minimum absolute atomic E-state index is 0.0293. The van der Waals surface area contributed by atoms with Crippen LogP contribution in [0.15, 0.2) is 52.2 Å². The van der Waals surface area contributed by atoms with Gasteiger partial charge in [0.1, 0.15) is 18.1 Å². The van der Waals surface area contributed by atoms with E-state index in [2.05, 4.69) is 40.7 Å². The molecule has 0 radical (unpaired) electrons. The molecule has 3 heterocycles. The van der Waals surface area contributed by atoms with Crippen LogP contribution >= 0.6 is 0 Å². The van der Waals surface area contributed by atoms with Crippen molar-refractivity contribution in [3.05, 3.63) is 70.8 Å². The number of hydrogen-bond donors (Lipinski definition) is 2. The van der Waals surface area contributed by atoms with Crippen molar-refractivity contribution in [2.24, 2.45) is 5.10 Å². The van der Waals surface area contributed by atoms with Crippen molar-refractivity contribution < 1.29 is 23.3 Å². The molecule has 0 saturated carbocycles. The zero-order valence-electron chi connectivity index (χ0n) is 21.8.